The molecule has 1 N–H and O–H groups in total. The Kier molecular flexibility index (Phi) is 7.57. The van der Waals surface area contributed by atoms with Crippen LogP contribution in [0.15, 0.2) is 81.1 Å². The van der Waals surface area contributed by atoms with Gasteiger partial charge in [-0.15, -0.1) is 0 Å². The van der Waals surface area contributed by atoms with E-state index >= 15 is 0 Å². The number of benzene rings is 3. The van der Waals surface area contributed by atoms with Gasteiger partial charge in [0, 0.05) is 16.6 Å². The Morgan fingerprint density at radius 2 is 1.91 bits per heavy atom. The molecule has 0 fully saturated rings. The number of amides is 1. The number of anilines is 1. The van der Waals surface area contributed by atoms with E-state index in [1.807, 2.05) is 31.2 Å². The second-order valence-electron chi connectivity index (χ2n) is 7.52. The molecule has 9 heteroatoms. The van der Waals surface area contributed by atoms with Crippen molar-refractivity contribution in [1.29, 1.82) is 0 Å². The van der Waals surface area contributed by atoms with E-state index in [1.165, 1.54) is 11.8 Å². The van der Waals surface area contributed by atoms with Crippen molar-refractivity contribution >= 4 is 44.6 Å². The second kappa shape index (κ2) is 11.0. The van der Waals surface area contributed by atoms with Gasteiger partial charge >= 0.3 is 0 Å². The number of carbonyl (C=O) groups is 1. The molecule has 0 aliphatic rings. The molecule has 1 aromatic heterocycles. The van der Waals surface area contributed by atoms with E-state index in [1.54, 1.807) is 48.7 Å². The Morgan fingerprint density at radius 1 is 1.11 bits per heavy atom. The van der Waals surface area contributed by atoms with E-state index in [-0.39, 0.29) is 18.1 Å². The Labute approximate surface area is 210 Å². The number of nitrogens with one attached hydrogen (secondary N) is 1. The van der Waals surface area contributed by atoms with Crippen LogP contribution in [0.1, 0.15) is 18.3 Å². The van der Waals surface area contributed by atoms with Crippen LogP contribution in [-0.4, -0.2) is 35.5 Å². The number of aryl methyl sites for hydroxylation is 1. The summed E-state index contributed by atoms with van der Waals surface area (Å²) in [5, 5.41) is 7.63. The number of fused-ring (bicyclic) bond motifs is 1. The van der Waals surface area contributed by atoms with Gasteiger partial charge in [0.25, 0.3) is 11.5 Å². The van der Waals surface area contributed by atoms with Crippen LogP contribution < -0.4 is 20.3 Å². The first-order valence-corrected chi connectivity index (χ1v) is 11.7. The number of halogens is 1. The first-order chi connectivity index (χ1) is 17.0. The van der Waals surface area contributed by atoms with Gasteiger partial charge in [-0.25, -0.2) is 4.98 Å². The van der Waals surface area contributed by atoms with Crippen molar-refractivity contribution in [3.8, 4) is 11.5 Å². The molecule has 0 aliphatic heterocycles. The largest absolute Gasteiger partial charge is 0.493 e. The van der Waals surface area contributed by atoms with E-state index < -0.39 is 0 Å². The van der Waals surface area contributed by atoms with Gasteiger partial charge in [0.05, 0.1) is 24.2 Å². The molecule has 0 aliphatic carbocycles. The lowest BCUT2D eigenvalue weighted by Crippen LogP contribution is -2.22. The normalized spacial score (nSPS) is 11.1. The van der Waals surface area contributed by atoms with Gasteiger partial charge in [0.15, 0.2) is 18.1 Å². The number of hydrogen-bond acceptors (Lipinski definition) is 6. The molecule has 1 amide bonds. The summed E-state index contributed by atoms with van der Waals surface area (Å²) in [4.78, 5) is 29.8. The molecule has 4 aromatic rings. The highest BCUT2D eigenvalue weighted by Gasteiger charge is 2.11. The third-order valence-corrected chi connectivity index (χ3v) is 5.61. The number of ether oxygens (including phenoxy) is 2. The SMILES string of the molecule is CCc1nc2ccc(Br)cc2c(=O)n1N=Cc1ccc(OCC(=O)Nc2ccccc2)c(OC)c1. The van der Waals surface area contributed by atoms with Crippen LogP contribution in [0.2, 0.25) is 0 Å². The lowest BCUT2D eigenvalue weighted by Gasteiger charge is -2.12. The number of para-hydroxylation sites is 1. The van der Waals surface area contributed by atoms with Gasteiger partial charge in [-0.05, 0) is 54.1 Å². The van der Waals surface area contributed by atoms with Gasteiger partial charge in [0.2, 0.25) is 0 Å². The molecule has 8 nitrogen and oxygen atoms in total. The second-order valence-corrected chi connectivity index (χ2v) is 8.43. The summed E-state index contributed by atoms with van der Waals surface area (Å²) in [6, 6.07) is 19.7. The minimum atomic E-state index is -0.286. The fourth-order valence-corrected chi connectivity index (χ4v) is 3.77. The Balaban J connectivity index is 1.53. The highest BCUT2D eigenvalue weighted by Crippen LogP contribution is 2.27. The first kappa shape index (κ1) is 24.2. The molecule has 4 rings (SSSR count). The molecule has 0 unspecified atom stereocenters. The third kappa shape index (κ3) is 5.75. The van der Waals surface area contributed by atoms with E-state index in [9.17, 15) is 9.59 Å². The summed E-state index contributed by atoms with van der Waals surface area (Å²) < 4.78 is 13.2. The number of methoxy groups -OCH3 is 1. The fraction of sp³-hybridized carbons (Fsp3) is 0.154. The number of hydrogen-bond donors (Lipinski definition) is 1. The number of rotatable bonds is 8. The average molecular weight is 535 g/mol. The number of nitrogens with zero attached hydrogens (tertiary/aromatic N) is 3. The summed E-state index contributed by atoms with van der Waals surface area (Å²) >= 11 is 3.40. The van der Waals surface area contributed by atoms with Gasteiger partial charge < -0.3 is 14.8 Å². The molecule has 0 radical (unpaired) electrons. The van der Waals surface area contributed by atoms with Crippen molar-refractivity contribution in [3.05, 3.63) is 92.9 Å². The smallest absolute Gasteiger partial charge is 0.282 e. The molecule has 0 saturated heterocycles. The summed E-state index contributed by atoms with van der Waals surface area (Å²) in [5.41, 5.74) is 1.75. The topological polar surface area (TPSA) is 94.8 Å². The predicted molar refractivity (Wildman–Crippen MR) is 140 cm³/mol. The van der Waals surface area contributed by atoms with Crippen molar-refractivity contribution < 1.29 is 14.3 Å². The van der Waals surface area contributed by atoms with E-state index in [0.29, 0.717) is 45.9 Å². The fourth-order valence-electron chi connectivity index (χ4n) is 3.41. The molecule has 178 valence electrons. The molecular weight excluding hydrogens is 512 g/mol. The first-order valence-electron chi connectivity index (χ1n) is 10.9. The van der Waals surface area contributed by atoms with Crippen molar-refractivity contribution in [1.82, 2.24) is 9.66 Å². The predicted octanol–water partition coefficient (Wildman–Crippen LogP) is 4.63. The van der Waals surface area contributed by atoms with Crippen LogP contribution >= 0.6 is 15.9 Å². The summed E-state index contributed by atoms with van der Waals surface area (Å²) in [6.45, 7) is 1.74. The van der Waals surface area contributed by atoms with Gasteiger partial charge in [-0.1, -0.05) is 41.1 Å². The molecule has 0 saturated carbocycles. The minimum Gasteiger partial charge on any atom is -0.493 e. The van der Waals surface area contributed by atoms with Crippen LogP contribution in [-0.2, 0) is 11.2 Å². The van der Waals surface area contributed by atoms with Crippen LogP contribution in [0.4, 0.5) is 5.69 Å². The zero-order valence-corrected chi connectivity index (χ0v) is 20.8. The van der Waals surface area contributed by atoms with Crippen molar-refractivity contribution in [2.45, 2.75) is 13.3 Å². The molecule has 0 bridgehead atoms. The third-order valence-electron chi connectivity index (χ3n) is 5.12. The van der Waals surface area contributed by atoms with Crippen LogP contribution in [0.5, 0.6) is 11.5 Å². The number of aromatic nitrogens is 2. The molecule has 0 atom stereocenters. The van der Waals surface area contributed by atoms with Gasteiger partial charge in [0.1, 0.15) is 5.82 Å². The van der Waals surface area contributed by atoms with Crippen molar-refractivity contribution in [2.75, 3.05) is 19.0 Å². The van der Waals surface area contributed by atoms with Gasteiger partial charge in [-0.3, -0.25) is 9.59 Å². The average Bonchev–Trinajstić information content (AvgIpc) is 2.88. The minimum absolute atomic E-state index is 0.174. The Bertz CT molecular complexity index is 1450. The van der Waals surface area contributed by atoms with Crippen molar-refractivity contribution in [2.24, 2.45) is 5.10 Å². The highest BCUT2D eigenvalue weighted by molar-refractivity contribution is 9.10. The van der Waals surface area contributed by atoms with Crippen LogP contribution in [0, 0.1) is 0 Å². The standard InChI is InChI=1S/C26H23BrN4O4/c1-3-24-30-21-11-10-18(27)14-20(21)26(33)31(24)28-15-17-9-12-22(23(13-17)34-2)35-16-25(32)29-19-7-5-4-6-8-19/h4-15H,3,16H2,1-2H3,(H,29,32). The maximum atomic E-state index is 13.0. The zero-order valence-electron chi connectivity index (χ0n) is 19.2. The molecular formula is C26H23BrN4O4. The van der Waals surface area contributed by atoms with Gasteiger partial charge in [-0.2, -0.15) is 9.78 Å². The maximum absolute atomic E-state index is 13.0. The van der Waals surface area contributed by atoms with Crippen LogP contribution in [0.3, 0.4) is 0 Å². The summed E-state index contributed by atoms with van der Waals surface area (Å²) in [6.07, 6.45) is 2.10. The van der Waals surface area contributed by atoms with Crippen LogP contribution in [0.25, 0.3) is 10.9 Å². The van der Waals surface area contributed by atoms with E-state index in [2.05, 4.69) is 31.3 Å². The van der Waals surface area contributed by atoms with E-state index in [0.717, 1.165) is 4.47 Å². The molecule has 3 aromatic carbocycles. The summed E-state index contributed by atoms with van der Waals surface area (Å²) in [7, 11) is 1.51. The molecule has 0 spiro atoms. The zero-order chi connectivity index (χ0) is 24.8. The van der Waals surface area contributed by atoms with Crippen molar-refractivity contribution in [3.63, 3.8) is 0 Å². The van der Waals surface area contributed by atoms with E-state index in [4.69, 9.17) is 9.47 Å². The lowest BCUT2D eigenvalue weighted by atomic mass is 10.2. The Morgan fingerprint density at radius 3 is 2.66 bits per heavy atom. The monoisotopic (exact) mass is 534 g/mol. The molecule has 1 heterocycles. The quantitative estimate of drug-likeness (QED) is 0.332. The lowest BCUT2D eigenvalue weighted by molar-refractivity contribution is -0.118. The number of carbonyl (C=O) groups excluding carboxylic acids is 1. The Hall–Kier alpha value is -3.98. The summed E-state index contributed by atoms with van der Waals surface area (Å²) in [5.74, 6) is 1.12. The maximum Gasteiger partial charge on any atom is 0.282 e. The molecule has 35 heavy (non-hydrogen) atoms. The highest BCUT2D eigenvalue weighted by atomic mass is 79.9.